The third kappa shape index (κ3) is 1.09. The predicted octanol–water partition coefficient (Wildman–Crippen LogP) is -0.281. The Morgan fingerprint density at radius 2 is 2.20 bits per heavy atom. The Morgan fingerprint density at radius 1 is 1.60 bits per heavy atom. The summed E-state index contributed by atoms with van der Waals surface area (Å²) in [5.41, 5.74) is 0. The average Bonchev–Trinajstić information content (AvgIpc) is 2.14. The monoisotopic (exact) mass is 151 g/mol. The number of carbonyl (C=O) groups is 1. The first kappa shape index (κ1) is 7.40. The lowest BCUT2D eigenvalue weighted by atomic mass is 10.2. The number of hydrogen-bond donors (Lipinski definition) is 2. The zero-order valence-electron chi connectivity index (χ0n) is 5.05. The highest BCUT2D eigenvalue weighted by molar-refractivity contribution is 5.74. The summed E-state index contributed by atoms with van der Waals surface area (Å²) in [6.07, 6.45) is -3.58. The van der Waals surface area contributed by atoms with Crippen molar-refractivity contribution in [1.29, 1.82) is 0 Å². The first-order valence-electron chi connectivity index (χ1n) is 2.87. The van der Waals surface area contributed by atoms with Crippen molar-refractivity contribution < 1.29 is 18.7 Å². The molecule has 0 bridgehead atoms. The molecule has 0 spiro atoms. The molecule has 1 heterocycles. The van der Waals surface area contributed by atoms with E-state index in [1.807, 2.05) is 0 Å². The van der Waals surface area contributed by atoms with Crippen LogP contribution in [-0.2, 0) is 4.79 Å². The third-order valence-electron chi connectivity index (χ3n) is 1.46. The quantitative estimate of drug-likeness (QED) is 0.541. The van der Waals surface area contributed by atoms with Crippen LogP contribution in [-0.4, -0.2) is 36.0 Å². The van der Waals surface area contributed by atoms with E-state index in [4.69, 9.17) is 5.11 Å². The first-order valence-corrected chi connectivity index (χ1v) is 2.87. The fourth-order valence-electron chi connectivity index (χ4n) is 0.897. The molecule has 58 valence electrons. The second-order valence-electron chi connectivity index (χ2n) is 2.18. The van der Waals surface area contributed by atoms with Gasteiger partial charge in [-0.25, -0.2) is 8.78 Å². The minimum atomic E-state index is -1.91. The molecule has 1 aliphatic heterocycles. The van der Waals surface area contributed by atoms with Crippen molar-refractivity contribution in [3.63, 3.8) is 0 Å². The van der Waals surface area contributed by atoms with Gasteiger partial charge in [0.15, 0.2) is 6.17 Å². The summed E-state index contributed by atoms with van der Waals surface area (Å²) < 4.78 is 24.6. The molecule has 0 radical (unpaired) electrons. The molecule has 0 saturated carbocycles. The molecule has 0 amide bonds. The Morgan fingerprint density at radius 3 is 2.40 bits per heavy atom. The van der Waals surface area contributed by atoms with E-state index in [-0.39, 0.29) is 6.54 Å². The summed E-state index contributed by atoms with van der Waals surface area (Å²) in [5, 5.41) is 10.4. The Balaban J connectivity index is 2.57. The lowest BCUT2D eigenvalue weighted by Gasteiger charge is -2.05. The second kappa shape index (κ2) is 2.49. The number of carboxylic acid groups (broad SMARTS) is 1. The fraction of sp³-hybridized carbons (Fsp3) is 0.800. The molecule has 3 atom stereocenters. The van der Waals surface area contributed by atoms with Gasteiger partial charge in [0.1, 0.15) is 12.2 Å². The molecule has 3 nitrogen and oxygen atoms in total. The van der Waals surface area contributed by atoms with Gasteiger partial charge in [-0.05, 0) is 0 Å². The van der Waals surface area contributed by atoms with Gasteiger partial charge < -0.3 is 5.11 Å². The Kier molecular flexibility index (Phi) is 1.85. The Hall–Kier alpha value is -0.710. The molecule has 1 rings (SSSR count). The maximum absolute atomic E-state index is 12.4. The second-order valence-corrected chi connectivity index (χ2v) is 2.18. The van der Waals surface area contributed by atoms with E-state index < -0.39 is 24.4 Å². The SMILES string of the molecule is O=C(O)C1NCC(F)C1F. The smallest absolute Gasteiger partial charge is 0.323 e. The van der Waals surface area contributed by atoms with Gasteiger partial charge in [0.2, 0.25) is 0 Å². The molecule has 0 aromatic rings. The van der Waals surface area contributed by atoms with E-state index in [9.17, 15) is 13.6 Å². The molecule has 2 N–H and O–H groups in total. The fourth-order valence-corrected chi connectivity index (χ4v) is 0.897. The topological polar surface area (TPSA) is 49.3 Å². The van der Waals surface area contributed by atoms with Crippen molar-refractivity contribution in [2.45, 2.75) is 18.4 Å². The first-order chi connectivity index (χ1) is 4.63. The summed E-state index contributed by atoms with van der Waals surface area (Å²) in [4.78, 5) is 10.1. The van der Waals surface area contributed by atoms with Crippen molar-refractivity contribution in [3.8, 4) is 0 Å². The zero-order chi connectivity index (χ0) is 7.72. The normalized spacial score (nSPS) is 40.0. The number of halogens is 2. The van der Waals surface area contributed by atoms with E-state index in [1.165, 1.54) is 0 Å². The molecular weight excluding hydrogens is 144 g/mol. The number of nitrogens with one attached hydrogen (secondary N) is 1. The summed E-state index contributed by atoms with van der Waals surface area (Å²) in [5.74, 6) is -1.34. The maximum atomic E-state index is 12.4. The summed E-state index contributed by atoms with van der Waals surface area (Å²) in [6.45, 7) is -0.210. The predicted molar refractivity (Wildman–Crippen MR) is 29.2 cm³/mol. The van der Waals surface area contributed by atoms with Crippen molar-refractivity contribution in [3.05, 3.63) is 0 Å². The van der Waals surface area contributed by atoms with Gasteiger partial charge in [0.05, 0.1) is 0 Å². The van der Waals surface area contributed by atoms with Crippen LogP contribution in [0.4, 0.5) is 8.78 Å². The Labute approximate surface area is 56.0 Å². The molecule has 0 aromatic heterocycles. The molecular formula is C5H7F2NO2. The number of aliphatic carboxylic acids is 1. The zero-order valence-corrected chi connectivity index (χ0v) is 5.05. The number of alkyl halides is 2. The highest BCUT2D eigenvalue weighted by atomic mass is 19.2. The molecule has 5 heteroatoms. The number of hydrogen-bond acceptors (Lipinski definition) is 2. The van der Waals surface area contributed by atoms with Crippen molar-refractivity contribution in [2.75, 3.05) is 6.54 Å². The van der Waals surface area contributed by atoms with Gasteiger partial charge in [-0.3, -0.25) is 10.1 Å². The van der Waals surface area contributed by atoms with E-state index in [0.29, 0.717) is 0 Å². The van der Waals surface area contributed by atoms with Crippen LogP contribution in [0, 0.1) is 0 Å². The standard InChI is InChI=1S/C5H7F2NO2/c6-2-1-8-4(3(2)7)5(9)10/h2-4,8H,1H2,(H,9,10). The van der Waals surface area contributed by atoms with E-state index >= 15 is 0 Å². The third-order valence-corrected chi connectivity index (χ3v) is 1.46. The molecule has 1 fully saturated rings. The van der Waals surface area contributed by atoms with Crippen molar-refractivity contribution >= 4 is 5.97 Å². The van der Waals surface area contributed by atoms with Gasteiger partial charge in [0, 0.05) is 6.54 Å². The minimum absolute atomic E-state index is 0.210. The van der Waals surface area contributed by atoms with E-state index in [0.717, 1.165) is 0 Å². The van der Waals surface area contributed by atoms with Crippen LogP contribution >= 0.6 is 0 Å². The van der Waals surface area contributed by atoms with Gasteiger partial charge in [0.25, 0.3) is 0 Å². The molecule has 0 aliphatic carbocycles. The van der Waals surface area contributed by atoms with E-state index in [2.05, 4.69) is 5.32 Å². The van der Waals surface area contributed by atoms with Crippen LogP contribution in [0.5, 0.6) is 0 Å². The van der Waals surface area contributed by atoms with Crippen LogP contribution in [0.2, 0.25) is 0 Å². The lowest BCUT2D eigenvalue weighted by molar-refractivity contribution is -0.140. The molecule has 0 aromatic carbocycles. The lowest BCUT2D eigenvalue weighted by Crippen LogP contribution is -2.37. The number of carboxylic acids is 1. The molecule has 1 saturated heterocycles. The van der Waals surface area contributed by atoms with Crippen molar-refractivity contribution in [2.24, 2.45) is 0 Å². The van der Waals surface area contributed by atoms with Gasteiger partial charge in [-0.15, -0.1) is 0 Å². The van der Waals surface area contributed by atoms with Crippen LogP contribution in [0.1, 0.15) is 0 Å². The van der Waals surface area contributed by atoms with Crippen LogP contribution < -0.4 is 5.32 Å². The minimum Gasteiger partial charge on any atom is -0.480 e. The molecule has 3 unspecified atom stereocenters. The van der Waals surface area contributed by atoms with Crippen LogP contribution in [0.15, 0.2) is 0 Å². The van der Waals surface area contributed by atoms with Crippen LogP contribution in [0.3, 0.4) is 0 Å². The Bertz CT molecular complexity index is 153. The molecule has 10 heavy (non-hydrogen) atoms. The van der Waals surface area contributed by atoms with Gasteiger partial charge in [-0.1, -0.05) is 0 Å². The van der Waals surface area contributed by atoms with Crippen molar-refractivity contribution in [1.82, 2.24) is 5.32 Å². The number of rotatable bonds is 1. The van der Waals surface area contributed by atoms with Crippen LogP contribution in [0.25, 0.3) is 0 Å². The highest BCUT2D eigenvalue weighted by Gasteiger charge is 2.40. The summed E-state index contributed by atoms with van der Waals surface area (Å²) >= 11 is 0. The summed E-state index contributed by atoms with van der Waals surface area (Å²) in [6, 6.07) is -1.37. The van der Waals surface area contributed by atoms with Gasteiger partial charge >= 0.3 is 5.97 Å². The van der Waals surface area contributed by atoms with E-state index in [1.54, 1.807) is 0 Å². The summed E-state index contributed by atoms with van der Waals surface area (Å²) in [7, 11) is 0. The highest BCUT2D eigenvalue weighted by Crippen LogP contribution is 2.14. The largest absolute Gasteiger partial charge is 0.480 e. The van der Waals surface area contributed by atoms with Gasteiger partial charge in [-0.2, -0.15) is 0 Å². The maximum Gasteiger partial charge on any atom is 0.323 e. The average molecular weight is 151 g/mol. The molecule has 1 aliphatic rings.